The SMILES string of the molecule is Cc1cc(C)c(CCN2CCCS2(=O)=O)c(C)c1. The lowest BCUT2D eigenvalue weighted by molar-refractivity contribution is 0.446. The average Bonchev–Trinajstić information content (AvgIpc) is 2.56. The van der Waals surface area contributed by atoms with E-state index in [0.717, 1.165) is 12.8 Å². The minimum absolute atomic E-state index is 0.318. The Hall–Kier alpha value is -0.870. The lowest BCUT2D eigenvalue weighted by atomic mass is 9.97. The van der Waals surface area contributed by atoms with Gasteiger partial charge in [-0.15, -0.1) is 0 Å². The van der Waals surface area contributed by atoms with Gasteiger partial charge in [0.05, 0.1) is 5.75 Å². The zero-order valence-corrected chi connectivity index (χ0v) is 12.2. The maximum absolute atomic E-state index is 11.7. The van der Waals surface area contributed by atoms with Gasteiger partial charge in [-0.1, -0.05) is 17.7 Å². The van der Waals surface area contributed by atoms with E-state index >= 15 is 0 Å². The van der Waals surface area contributed by atoms with Gasteiger partial charge in [0.25, 0.3) is 0 Å². The average molecular weight is 267 g/mol. The van der Waals surface area contributed by atoms with Gasteiger partial charge in [-0.3, -0.25) is 0 Å². The standard InChI is InChI=1S/C14H21NO2S/c1-11-9-12(2)14(13(3)10-11)5-7-15-6-4-8-18(15,16)17/h9-10H,4-8H2,1-3H3. The summed E-state index contributed by atoms with van der Waals surface area (Å²) in [6.07, 6.45) is 1.59. The topological polar surface area (TPSA) is 37.4 Å². The van der Waals surface area contributed by atoms with Crippen molar-refractivity contribution in [1.29, 1.82) is 0 Å². The van der Waals surface area contributed by atoms with Crippen LogP contribution in [-0.2, 0) is 16.4 Å². The number of aryl methyl sites for hydroxylation is 3. The van der Waals surface area contributed by atoms with E-state index in [0.29, 0.717) is 18.8 Å². The molecule has 0 aliphatic carbocycles. The van der Waals surface area contributed by atoms with Gasteiger partial charge in [-0.05, 0) is 50.3 Å². The molecule has 4 heteroatoms. The molecular weight excluding hydrogens is 246 g/mol. The molecule has 100 valence electrons. The van der Waals surface area contributed by atoms with Crippen LogP contribution in [0, 0.1) is 20.8 Å². The molecule has 1 aromatic carbocycles. The molecule has 0 amide bonds. The van der Waals surface area contributed by atoms with Crippen LogP contribution < -0.4 is 0 Å². The van der Waals surface area contributed by atoms with Gasteiger partial charge in [0.2, 0.25) is 10.0 Å². The Morgan fingerprint density at radius 1 is 1.17 bits per heavy atom. The highest BCUT2D eigenvalue weighted by molar-refractivity contribution is 7.89. The summed E-state index contributed by atoms with van der Waals surface area (Å²) in [7, 11) is -2.96. The first-order valence-electron chi connectivity index (χ1n) is 6.45. The van der Waals surface area contributed by atoms with Crippen molar-refractivity contribution in [2.75, 3.05) is 18.8 Å². The molecule has 2 rings (SSSR count). The predicted molar refractivity (Wildman–Crippen MR) is 74.3 cm³/mol. The Balaban J connectivity index is 2.12. The minimum atomic E-state index is -2.96. The summed E-state index contributed by atoms with van der Waals surface area (Å²) in [6, 6.07) is 4.33. The van der Waals surface area contributed by atoms with E-state index in [2.05, 4.69) is 32.9 Å². The zero-order chi connectivity index (χ0) is 13.3. The van der Waals surface area contributed by atoms with E-state index < -0.39 is 10.0 Å². The minimum Gasteiger partial charge on any atom is -0.212 e. The summed E-state index contributed by atoms with van der Waals surface area (Å²) in [5.41, 5.74) is 5.10. The fraction of sp³-hybridized carbons (Fsp3) is 0.571. The fourth-order valence-electron chi connectivity index (χ4n) is 2.78. The van der Waals surface area contributed by atoms with Crippen LogP contribution in [0.5, 0.6) is 0 Å². The molecule has 0 atom stereocenters. The van der Waals surface area contributed by atoms with Crippen LogP contribution in [0.4, 0.5) is 0 Å². The second-order valence-corrected chi connectivity index (χ2v) is 7.28. The fourth-order valence-corrected chi connectivity index (χ4v) is 4.31. The molecule has 0 unspecified atom stereocenters. The molecule has 3 nitrogen and oxygen atoms in total. The Labute approximate surface area is 110 Å². The van der Waals surface area contributed by atoms with E-state index in [1.807, 2.05) is 0 Å². The molecule has 1 aromatic rings. The quantitative estimate of drug-likeness (QED) is 0.842. The molecule has 0 bridgehead atoms. The van der Waals surface area contributed by atoms with Gasteiger partial charge in [0.15, 0.2) is 0 Å². The monoisotopic (exact) mass is 267 g/mol. The summed E-state index contributed by atoms with van der Waals surface area (Å²) < 4.78 is 25.1. The molecule has 1 aliphatic heterocycles. The van der Waals surface area contributed by atoms with E-state index in [9.17, 15) is 8.42 Å². The largest absolute Gasteiger partial charge is 0.214 e. The van der Waals surface area contributed by atoms with Crippen LogP contribution in [0.25, 0.3) is 0 Å². The highest BCUT2D eigenvalue weighted by atomic mass is 32.2. The predicted octanol–water partition coefficient (Wildman–Crippen LogP) is 2.19. The zero-order valence-electron chi connectivity index (χ0n) is 11.4. The summed E-state index contributed by atoms with van der Waals surface area (Å²) >= 11 is 0. The van der Waals surface area contributed by atoms with Crippen molar-refractivity contribution in [2.45, 2.75) is 33.6 Å². The van der Waals surface area contributed by atoms with E-state index in [-0.39, 0.29) is 0 Å². The molecule has 0 spiro atoms. The molecule has 0 N–H and O–H groups in total. The van der Waals surface area contributed by atoms with Crippen molar-refractivity contribution in [3.05, 3.63) is 34.4 Å². The maximum Gasteiger partial charge on any atom is 0.214 e. The van der Waals surface area contributed by atoms with Gasteiger partial charge in [-0.25, -0.2) is 12.7 Å². The van der Waals surface area contributed by atoms with Crippen LogP contribution in [0.3, 0.4) is 0 Å². The third kappa shape index (κ3) is 2.75. The number of rotatable bonds is 3. The first-order chi connectivity index (χ1) is 8.40. The normalized spacial score (nSPS) is 19.3. The van der Waals surface area contributed by atoms with Gasteiger partial charge in [-0.2, -0.15) is 0 Å². The number of sulfonamides is 1. The second kappa shape index (κ2) is 5.02. The van der Waals surface area contributed by atoms with Crippen molar-refractivity contribution >= 4 is 10.0 Å². The molecule has 1 saturated heterocycles. The summed E-state index contributed by atoms with van der Waals surface area (Å²) in [6.45, 7) is 7.61. The van der Waals surface area contributed by atoms with Gasteiger partial charge < -0.3 is 0 Å². The smallest absolute Gasteiger partial charge is 0.212 e. The van der Waals surface area contributed by atoms with Gasteiger partial charge in [0, 0.05) is 13.1 Å². The number of hydrogen-bond acceptors (Lipinski definition) is 2. The van der Waals surface area contributed by atoms with Crippen LogP contribution in [0.1, 0.15) is 28.7 Å². The highest BCUT2D eigenvalue weighted by Crippen LogP contribution is 2.19. The molecule has 1 heterocycles. The maximum atomic E-state index is 11.7. The van der Waals surface area contributed by atoms with E-state index in [1.165, 1.54) is 22.3 Å². The third-order valence-electron chi connectivity index (χ3n) is 3.65. The Morgan fingerprint density at radius 2 is 1.78 bits per heavy atom. The van der Waals surface area contributed by atoms with Crippen molar-refractivity contribution < 1.29 is 8.42 Å². The second-order valence-electron chi connectivity index (χ2n) is 5.20. The number of hydrogen-bond donors (Lipinski definition) is 0. The van der Waals surface area contributed by atoms with E-state index in [4.69, 9.17) is 0 Å². The van der Waals surface area contributed by atoms with E-state index in [1.54, 1.807) is 4.31 Å². The van der Waals surface area contributed by atoms with Crippen LogP contribution >= 0.6 is 0 Å². The van der Waals surface area contributed by atoms with Gasteiger partial charge in [0.1, 0.15) is 0 Å². The molecule has 0 saturated carbocycles. The lowest BCUT2D eigenvalue weighted by Crippen LogP contribution is -2.28. The molecule has 0 radical (unpaired) electrons. The molecule has 18 heavy (non-hydrogen) atoms. The molecule has 1 aliphatic rings. The Morgan fingerprint density at radius 3 is 2.28 bits per heavy atom. The Kier molecular flexibility index (Phi) is 3.78. The molecule has 0 aromatic heterocycles. The number of nitrogens with zero attached hydrogens (tertiary/aromatic N) is 1. The van der Waals surface area contributed by atoms with Crippen molar-refractivity contribution in [3.8, 4) is 0 Å². The highest BCUT2D eigenvalue weighted by Gasteiger charge is 2.27. The first-order valence-corrected chi connectivity index (χ1v) is 8.05. The first kappa shape index (κ1) is 13.6. The lowest BCUT2D eigenvalue weighted by Gasteiger charge is -2.17. The third-order valence-corrected chi connectivity index (χ3v) is 5.61. The summed E-state index contributed by atoms with van der Waals surface area (Å²) in [5, 5.41) is 0. The van der Waals surface area contributed by atoms with Crippen molar-refractivity contribution in [1.82, 2.24) is 4.31 Å². The molecule has 1 fully saturated rings. The van der Waals surface area contributed by atoms with Crippen molar-refractivity contribution in [3.63, 3.8) is 0 Å². The summed E-state index contributed by atoms with van der Waals surface area (Å²) in [4.78, 5) is 0. The van der Waals surface area contributed by atoms with Gasteiger partial charge >= 0.3 is 0 Å². The van der Waals surface area contributed by atoms with Crippen molar-refractivity contribution in [2.24, 2.45) is 0 Å². The van der Waals surface area contributed by atoms with Crippen LogP contribution in [0.15, 0.2) is 12.1 Å². The number of benzene rings is 1. The summed E-state index contributed by atoms with van der Waals surface area (Å²) in [5.74, 6) is 0.318. The molecular formula is C14H21NO2S. The van der Waals surface area contributed by atoms with Crippen LogP contribution in [0.2, 0.25) is 0 Å². The van der Waals surface area contributed by atoms with Crippen LogP contribution in [-0.4, -0.2) is 31.6 Å². The Bertz CT molecular complexity index is 526.